The predicted octanol–water partition coefficient (Wildman–Crippen LogP) is 5.90. The molecule has 1 nitrogen and oxygen atoms in total. The molecule has 104 valence electrons. The number of allylic oxidation sites excluding steroid dienone is 3. The summed E-state index contributed by atoms with van der Waals surface area (Å²) in [6.45, 7) is 5.95. The average molecular weight is 291 g/mol. The zero-order chi connectivity index (χ0) is 14.7. The molecule has 0 bridgehead atoms. The van der Waals surface area contributed by atoms with Crippen LogP contribution >= 0.6 is 11.8 Å². The maximum Gasteiger partial charge on any atom is 0.0601 e. The highest BCUT2D eigenvalue weighted by atomic mass is 32.2. The molecule has 1 aliphatic heterocycles. The first-order valence-corrected chi connectivity index (χ1v) is 7.78. The van der Waals surface area contributed by atoms with Gasteiger partial charge < -0.3 is 4.90 Å². The maximum absolute atomic E-state index is 3.87. The van der Waals surface area contributed by atoms with Gasteiger partial charge in [0.15, 0.2) is 0 Å². The van der Waals surface area contributed by atoms with Crippen LogP contribution in [0.2, 0.25) is 0 Å². The average Bonchev–Trinajstić information content (AvgIpc) is 2.55. The van der Waals surface area contributed by atoms with Gasteiger partial charge in [0.05, 0.1) is 11.4 Å². The number of thioether (sulfide) groups is 1. The van der Waals surface area contributed by atoms with E-state index in [1.165, 1.54) is 21.2 Å². The summed E-state index contributed by atoms with van der Waals surface area (Å²) in [4.78, 5) is 4.82. The van der Waals surface area contributed by atoms with Crippen LogP contribution in [-0.2, 0) is 0 Å². The Labute approximate surface area is 130 Å². The predicted molar refractivity (Wildman–Crippen MR) is 92.9 cm³/mol. The van der Waals surface area contributed by atoms with Gasteiger partial charge in [-0.2, -0.15) is 0 Å². The Bertz CT molecular complexity index is 713. The molecule has 1 heterocycles. The Morgan fingerprint density at radius 3 is 2.43 bits per heavy atom. The molecule has 0 fully saturated rings. The number of hydrogen-bond donors (Lipinski definition) is 0. The number of fused-ring (bicyclic) bond motifs is 1. The van der Waals surface area contributed by atoms with E-state index in [0.717, 1.165) is 5.69 Å². The van der Waals surface area contributed by atoms with Crippen LogP contribution in [0, 0.1) is 0 Å². The van der Waals surface area contributed by atoms with Crippen molar-refractivity contribution in [2.75, 3.05) is 4.90 Å². The van der Waals surface area contributed by atoms with Gasteiger partial charge in [0.25, 0.3) is 0 Å². The van der Waals surface area contributed by atoms with Crippen LogP contribution in [0.25, 0.3) is 0 Å². The number of benzene rings is 2. The van der Waals surface area contributed by atoms with Gasteiger partial charge in [0.1, 0.15) is 0 Å². The molecule has 0 saturated heterocycles. The molecule has 0 aromatic heterocycles. The summed E-state index contributed by atoms with van der Waals surface area (Å²) in [5.74, 6) is 0. The summed E-state index contributed by atoms with van der Waals surface area (Å²) >= 11 is 1.81. The summed E-state index contributed by atoms with van der Waals surface area (Å²) in [6.07, 6.45) is 6.08. The second-order valence-corrected chi connectivity index (χ2v) is 5.77. The molecular formula is C19H17NS. The van der Waals surface area contributed by atoms with Gasteiger partial charge in [-0.05, 0) is 37.3 Å². The van der Waals surface area contributed by atoms with E-state index >= 15 is 0 Å². The van der Waals surface area contributed by atoms with Crippen LogP contribution in [0.1, 0.15) is 6.92 Å². The minimum absolute atomic E-state index is 1.16. The second-order valence-electron chi connectivity index (χ2n) is 4.68. The van der Waals surface area contributed by atoms with Crippen molar-refractivity contribution in [2.45, 2.75) is 11.8 Å². The smallest absolute Gasteiger partial charge is 0.0601 e. The molecule has 21 heavy (non-hydrogen) atoms. The Balaban J connectivity index is 2.25. The molecule has 0 saturated carbocycles. The van der Waals surface area contributed by atoms with Crippen LogP contribution in [0.4, 0.5) is 11.4 Å². The van der Waals surface area contributed by atoms with Gasteiger partial charge in [0, 0.05) is 15.5 Å². The van der Waals surface area contributed by atoms with Crippen LogP contribution in [-0.4, -0.2) is 0 Å². The molecule has 0 atom stereocenters. The van der Waals surface area contributed by atoms with Crippen LogP contribution in [0.3, 0.4) is 0 Å². The summed E-state index contributed by atoms with van der Waals surface area (Å²) in [5, 5.41) is 0. The van der Waals surface area contributed by atoms with Gasteiger partial charge >= 0.3 is 0 Å². The van der Waals surface area contributed by atoms with Crippen molar-refractivity contribution in [1.82, 2.24) is 0 Å². The number of rotatable bonds is 2. The van der Waals surface area contributed by atoms with Crippen molar-refractivity contribution >= 4 is 23.1 Å². The van der Waals surface area contributed by atoms with E-state index in [1.807, 2.05) is 12.1 Å². The lowest BCUT2D eigenvalue weighted by atomic mass is 10.2. The van der Waals surface area contributed by atoms with Crippen LogP contribution in [0.5, 0.6) is 0 Å². The lowest BCUT2D eigenvalue weighted by Gasteiger charge is -2.34. The molecule has 0 aliphatic carbocycles. The highest BCUT2D eigenvalue weighted by Gasteiger charge is 2.25. The first kappa shape index (κ1) is 13.8. The molecule has 2 aromatic carbocycles. The molecule has 2 aromatic rings. The quantitative estimate of drug-likeness (QED) is 0.677. The third-order valence-corrected chi connectivity index (χ3v) is 4.60. The first-order chi connectivity index (χ1) is 10.3. The van der Waals surface area contributed by atoms with E-state index in [1.54, 1.807) is 11.8 Å². The third-order valence-electron chi connectivity index (χ3n) is 3.37. The van der Waals surface area contributed by atoms with Gasteiger partial charge in [-0.1, -0.05) is 60.8 Å². The van der Waals surface area contributed by atoms with Crippen molar-refractivity contribution in [3.05, 3.63) is 90.0 Å². The zero-order valence-electron chi connectivity index (χ0n) is 12.0. The summed E-state index contributed by atoms with van der Waals surface area (Å²) in [7, 11) is 0. The summed E-state index contributed by atoms with van der Waals surface area (Å²) in [5.41, 5.74) is 3.55. The molecule has 0 amide bonds. The Hall–Kier alpha value is -2.19. The molecule has 1 aliphatic rings. The second kappa shape index (κ2) is 6.06. The van der Waals surface area contributed by atoms with Crippen molar-refractivity contribution in [2.24, 2.45) is 0 Å². The van der Waals surface area contributed by atoms with Crippen molar-refractivity contribution in [3.63, 3.8) is 0 Å². The molecule has 0 unspecified atom stereocenters. The highest BCUT2D eigenvalue weighted by Crippen LogP contribution is 2.48. The standard InChI is InChI=1S/C19H17NS/c1-3-10-16-18(4-2)21-19-14-9-8-13-17(19)20(16)15-11-6-5-7-12-15/h3-14H,1H2,2H3/b16-10+,18-4+. The zero-order valence-corrected chi connectivity index (χ0v) is 12.8. The summed E-state index contributed by atoms with van der Waals surface area (Å²) in [6, 6.07) is 19.0. The molecular weight excluding hydrogens is 274 g/mol. The third kappa shape index (κ3) is 2.55. The topological polar surface area (TPSA) is 3.24 Å². The van der Waals surface area contributed by atoms with Crippen LogP contribution in [0.15, 0.2) is 94.9 Å². The molecule has 2 heteroatoms. The number of para-hydroxylation sites is 2. The van der Waals surface area contributed by atoms with Crippen molar-refractivity contribution in [1.29, 1.82) is 0 Å². The number of anilines is 2. The van der Waals surface area contributed by atoms with E-state index in [4.69, 9.17) is 0 Å². The van der Waals surface area contributed by atoms with Crippen molar-refractivity contribution < 1.29 is 0 Å². The monoisotopic (exact) mass is 291 g/mol. The van der Waals surface area contributed by atoms with E-state index in [9.17, 15) is 0 Å². The van der Waals surface area contributed by atoms with E-state index in [0.29, 0.717) is 0 Å². The Kier molecular flexibility index (Phi) is 3.98. The van der Waals surface area contributed by atoms with E-state index in [-0.39, 0.29) is 0 Å². The van der Waals surface area contributed by atoms with Gasteiger partial charge in [-0.25, -0.2) is 0 Å². The molecule has 0 spiro atoms. The largest absolute Gasteiger partial charge is 0.308 e. The molecule has 0 radical (unpaired) electrons. The lowest BCUT2D eigenvalue weighted by Crippen LogP contribution is -2.21. The molecule has 0 N–H and O–H groups in total. The fourth-order valence-corrected chi connectivity index (χ4v) is 3.50. The summed E-state index contributed by atoms with van der Waals surface area (Å²) < 4.78 is 0. The minimum atomic E-state index is 1.16. The van der Waals surface area contributed by atoms with E-state index in [2.05, 4.69) is 79.1 Å². The highest BCUT2D eigenvalue weighted by molar-refractivity contribution is 8.03. The lowest BCUT2D eigenvalue weighted by molar-refractivity contribution is 1.14. The Morgan fingerprint density at radius 1 is 1.00 bits per heavy atom. The van der Waals surface area contributed by atoms with E-state index < -0.39 is 0 Å². The van der Waals surface area contributed by atoms with Gasteiger partial charge in [-0.3, -0.25) is 0 Å². The maximum atomic E-state index is 3.87. The van der Waals surface area contributed by atoms with Crippen LogP contribution < -0.4 is 4.90 Å². The normalized spacial score (nSPS) is 17.9. The van der Waals surface area contributed by atoms with Gasteiger partial charge in [-0.15, -0.1) is 0 Å². The van der Waals surface area contributed by atoms with Crippen molar-refractivity contribution in [3.8, 4) is 0 Å². The van der Waals surface area contributed by atoms with Gasteiger partial charge in [0.2, 0.25) is 0 Å². The Morgan fingerprint density at radius 2 is 1.71 bits per heavy atom. The fraction of sp³-hybridized carbons (Fsp3) is 0.0526. The number of hydrogen-bond acceptors (Lipinski definition) is 2. The number of nitrogens with zero attached hydrogens (tertiary/aromatic N) is 1. The fourth-order valence-electron chi connectivity index (χ4n) is 2.47. The SMILES string of the molecule is C=C/C=C1\C(=C/C)Sc2ccccc2N1c1ccccc1. The first-order valence-electron chi connectivity index (χ1n) is 6.96. The molecule has 3 rings (SSSR count). The minimum Gasteiger partial charge on any atom is -0.308 e.